The fourth-order valence-corrected chi connectivity index (χ4v) is 3.38. The van der Waals surface area contributed by atoms with E-state index in [9.17, 15) is 9.59 Å². The lowest BCUT2D eigenvalue weighted by Crippen LogP contribution is -2.25. The molecule has 1 aliphatic rings. The van der Waals surface area contributed by atoms with Crippen LogP contribution in [0.3, 0.4) is 0 Å². The van der Waals surface area contributed by atoms with Crippen molar-refractivity contribution in [2.45, 2.75) is 18.9 Å². The van der Waals surface area contributed by atoms with E-state index >= 15 is 0 Å². The average molecular weight is 396 g/mol. The number of amides is 2. The summed E-state index contributed by atoms with van der Waals surface area (Å²) in [4.78, 5) is 29.3. The van der Waals surface area contributed by atoms with Gasteiger partial charge in [-0.1, -0.05) is 18.2 Å². The summed E-state index contributed by atoms with van der Waals surface area (Å²) in [7, 11) is 0. The molecule has 1 aromatic heterocycles. The highest BCUT2D eigenvalue weighted by Gasteiger charge is 2.23. The zero-order valence-electron chi connectivity index (χ0n) is 16.2. The first kappa shape index (κ1) is 18.1. The summed E-state index contributed by atoms with van der Waals surface area (Å²) in [6.07, 6.45) is 3.85. The summed E-state index contributed by atoms with van der Waals surface area (Å²) in [5.74, 6) is -0.331. The summed E-state index contributed by atoms with van der Waals surface area (Å²) < 4.78 is 1.99. The number of hydrogen-bond donors (Lipinski definition) is 2. The maximum atomic E-state index is 12.7. The number of para-hydroxylation sites is 2. The Balaban J connectivity index is 1.31. The van der Waals surface area contributed by atoms with Crippen LogP contribution in [-0.2, 0) is 0 Å². The number of benzene rings is 3. The molecular weight excluding hydrogens is 376 g/mol. The lowest BCUT2D eigenvalue weighted by atomic mass is 10.1. The molecule has 0 unspecified atom stereocenters. The van der Waals surface area contributed by atoms with E-state index in [1.54, 1.807) is 42.7 Å². The van der Waals surface area contributed by atoms with Crippen LogP contribution in [0.15, 0.2) is 79.1 Å². The van der Waals surface area contributed by atoms with Crippen molar-refractivity contribution < 1.29 is 9.59 Å². The van der Waals surface area contributed by atoms with Gasteiger partial charge in [-0.2, -0.15) is 0 Å². The van der Waals surface area contributed by atoms with Crippen LogP contribution in [0.2, 0.25) is 0 Å². The van der Waals surface area contributed by atoms with Crippen molar-refractivity contribution in [3.63, 3.8) is 0 Å². The molecule has 2 N–H and O–H groups in total. The molecule has 1 fully saturated rings. The van der Waals surface area contributed by atoms with Gasteiger partial charge in [0.2, 0.25) is 0 Å². The van der Waals surface area contributed by atoms with Gasteiger partial charge in [-0.3, -0.25) is 14.2 Å². The predicted octanol–water partition coefficient (Wildman–Crippen LogP) is 4.17. The highest BCUT2D eigenvalue weighted by atomic mass is 16.2. The van der Waals surface area contributed by atoms with Gasteiger partial charge in [-0.25, -0.2) is 4.98 Å². The van der Waals surface area contributed by atoms with E-state index in [0.29, 0.717) is 22.9 Å². The molecule has 4 aromatic rings. The van der Waals surface area contributed by atoms with Crippen molar-refractivity contribution in [1.82, 2.24) is 14.9 Å². The largest absolute Gasteiger partial charge is 0.349 e. The molecule has 148 valence electrons. The molecule has 0 bridgehead atoms. The number of carbonyl (C=O) groups is 2. The highest BCUT2D eigenvalue weighted by molar-refractivity contribution is 6.05. The van der Waals surface area contributed by atoms with Crippen LogP contribution in [0.4, 0.5) is 5.69 Å². The summed E-state index contributed by atoms with van der Waals surface area (Å²) in [6.45, 7) is 0. The molecule has 1 aliphatic carbocycles. The summed E-state index contributed by atoms with van der Waals surface area (Å²) in [5, 5.41) is 5.82. The van der Waals surface area contributed by atoms with Crippen molar-refractivity contribution in [3.8, 4) is 5.69 Å². The highest BCUT2D eigenvalue weighted by Crippen LogP contribution is 2.21. The summed E-state index contributed by atoms with van der Waals surface area (Å²) in [5.41, 5.74) is 4.53. The van der Waals surface area contributed by atoms with Crippen LogP contribution in [0.1, 0.15) is 33.6 Å². The van der Waals surface area contributed by atoms with Gasteiger partial charge >= 0.3 is 0 Å². The minimum absolute atomic E-state index is 0.106. The van der Waals surface area contributed by atoms with Crippen molar-refractivity contribution in [3.05, 3.63) is 90.3 Å². The number of anilines is 1. The second-order valence-corrected chi connectivity index (χ2v) is 7.43. The number of nitrogens with one attached hydrogen (secondary N) is 2. The Labute approximate surface area is 173 Å². The second-order valence-electron chi connectivity index (χ2n) is 7.43. The minimum atomic E-state index is -0.225. The monoisotopic (exact) mass is 396 g/mol. The van der Waals surface area contributed by atoms with E-state index < -0.39 is 0 Å². The van der Waals surface area contributed by atoms with Crippen molar-refractivity contribution in [2.24, 2.45) is 0 Å². The molecular formula is C24H20N4O2. The van der Waals surface area contributed by atoms with Crippen LogP contribution in [0.25, 0.3) is 16.7 Å². The van der Waals surface area contributed by atoms with Crippen LogP contribution >= 0.6 is 0 Å². The van der Waals surface area contributed by atoms with E-state index in [1.807, 2.05) is 41.0 Å². The lowest BCUT2D eigenvalue weighted by molar-refractivity contribution is 0.0949. The van der Waals surface area contributed by atoms with E-state index in [1.165, 1.54) is 0 Å². The Morgan fingerprint density at radius 1 is 0.867 bits per heavy atom. The number of hydrogen-bond acceptors (Lipinski definition) is 3. The maximum absolute atomic E-state index is 12.7. The van der Waals surface area contributed by atoms with Crippen LogP contribution in [0, 0.1) is 0 Å². The normalized spacial score (nSPS) is 13.2. The molecule has 5 rings (SSSR count). The molecule has 0 atom stereocenters. The standard InChI is InChI=1S/C24H20N4O2/c29-23(27-19-5-3-4-17(14-19)24(30)26-18-10-11-18)16-8-12-20(13-9-16)28-15-25-21-6-1-2-7-22(21)28/h1-9,12-15,18H,10-11H2,(H,26,30)(H,27,29). The van der Waals surface area contributed by atoms with E-state index in [4.69, 9.17) is 0 Å². The van der Waals surface area contributed by atoms with Gasteiger partial charge in [-0.15, -0.1) is 0 Å². The Bertz CT molecular complexity index is 1240. The molecule has 2 amide bonds. The first-order valence-corrected chi connectivity index (χ1v) is 9.92. The second kappa shape index (κ2) is 7.48. The van der Waals surface area contributed by atoms with Crippen LogP contribution in [-0.4, -0.2) is 27.4 Å². The molecule has 0 saturated heterocycles. The number of imidazole rings is 1. The van der Waals surface area contributed by atoms with Gasteiger partial charge in [0.25, 0.3) is 11.8 Å². The maximum Gasteiger partial charge on any atom is 0.255 e. The fraction of sp³-hybridized carbons (Fsp3) is 0.125. The number of aromatic nitrogens is 2. The van der Waals surface area contributed by atoms with E-state index in [2.05, 4.69) is 15.6 Å². The zero-order chi connectivity index (χ0) is 20.5. The minimum Gasteiger partial charge on any atom is -0.349 e. The molecule has 3 aromatic carbocycles. The molecule has 30 heavy (non-hydrogen) atoms. The van der Waals surface area contributed by atoms with Crippen molar-refractivity contribution in [1.29, 1.82) is 0 Å². The number of carbonyl (C=O) groups excluding carboxylic acids is 2. The fourth-order valence-electron chi connectivity index (χ4n) is 3.38. The number of fused-ring (bicyclic) bond motifs is 1. The van der Waals surface area contributed by atoms with E-state index in [-0.39, 0.29) is 11.8 Å². The lowest BCUT2D eigenvalue weighted by Gasteiger charge is -2.09. The van der Waals surface area contributed by atoms with Gasteiger partial charge < -0.3 is 10.6 Å². The first-order valence-electron chi connectivity index (χ1n) is 9.92. The summed E-state index contributed by atoms with van der Waals surface area (Å²) >= 11 is 0. The third-order valence-electron chi connectivity index (χ3n) is 5.16. The molecule has 6 nitrogen and oxygen atoms in total. The number of rotatable bonds is 5. The SMILES string of the molecule is O=C(Nc1cccc(C(=O)NC2CC2)c1)c1ccc(-n2cnc3ccccc32)cc1. The van der Waals surface area contributed by atoms with Gasteiger partial charge in [-0.05, 0) is 67.4 Å². The Hall–Kier alpha value is -3.93. The Kier molecular flexibility index (Phi) is 4.52. The van der Waals surface area contributed by atoms with Gasteiger partial charge in [0.15, 0.2) is 0 Å². The molecule has 0 radical (unpaired) electrons. The molecule has 1 heterocycles. The van der Waals surface area contributed by atoms with Crippen LogP contribution < -0.4 is 10.6 Å². The smallest absolute Gasteiger partial charge is 0.255 e. The molecule has 0 aliphatic heterocycles. The van der Waals surface area contributed by atoms with Crippen molar-refractivity contribution in [2.75, 3.05) is 5.32 Å². The van der Waals surface area contributed by atoms with Crippen LogP contribution in [0.5, 0.6) is 0 Å². The Morgan fingerprint density at radius 2 is 1.67 bits per heavy atom. The van der Waals surface area contributed by atoms with Gasteiger partial charge in [0.05, 0.1) is 11.0 Å². The molecule has 6 heteroatoms. The third-order valence-corrected chi connectivity index (χ3v) is 5.16. The van der Waals surface area contributed by atoms with Crippen molar-refractivity contribution >= 4 is 28.5 Å². The molecule has 1 saturated carbocycles. The molecule has 0 spiro atoms. The quantitative estimate of drug-likeness (QED) is 0.532. The first-order chi connectivity index (χ1) is 14.7. The summed E-state index contributed by atoms with van der Waals surface area (Å²) in [6, 6.07) is 22.5. The Morgan fingerprint density at radius 3 is 2.47 bits per heavy atom. The average Bonchev–Trinajstić information content (AvgIpc) is 3.49. The van der Waals surface area contributed by atoms with Gasteiger partial charge in [0, 0.05) is 28.5 Å². The third kappa shape index (κ3) is 3.67. The van der Waals surface area contributed by atoms with E-state index in [0.717, 1.165) is 29.6 Å². The topological polar surface area (TPSA) is 76.0 Å². The predicted molar refractivity (Wildman–Crippen MR) is 116 cm³/mol. The number of nitrogens with zero attached hydrogens (tertiary/aromatic N) is 2. The van der Waals surface area contributed by atoms with Gasteiger partial charge in [0.1, 0.15) is 6.33 Å². The zero-order valence-corrected chi connectivity index (χ0v) is 16.2.